The molecule has 0 spiro atoms. The number of carbonyl (C=O) groups excluding carboxylic acids is 1. The van der Waals surface area contributed by atoms with Crippen LogP contribution in [0.5, 0.6) is 0 Å². The Labute approximate surface area is 142 Å². The molecule has 2 unspecified atom stereocenters. The number of hydrogen-bond donors (Lipinski definition) is 2. The lowest BCUT2D eigenvalue weighted by atomic mass is 10.0. The zero-order chi connectivity index (χ0) is 16.9. The Hall–Kier alpha value is -2.11. The van der Waals surface area contributed by atoms with Crippen molar-refractivity contribution in [2.75, 3.05) is 13.6 Å². The number of amides is 1. The van der Waals surface area contributed by atoms with Crippen molar-refractivity contribution in [1.82, 2.24) is 10.2 Å². The van der Waals surface area contributed by atoms with Crippen LogP contribution in [0.1, 0.15) is 47.0 Å². The van der Waals surface area contributed by atoms with E-state index in [-0.39, 0.29) is 5.91 Å². The standard InChI is InChI=1S/C19H24N2O3/c1-20-19(23)15-8-6-14(7-9-15)13-21-10-2-4-16(21)12-17(22)18-5-3-11-24-18/h3,5-9,11,16-17,22H,2,4,10,12-13H2,1H3,(H,20,23). The Morgan fingerprint density at radius 3 is 2.83 bits per heavy atom. The van der Waals surface area contributed by atoms with Gasteiger partial charge in [-0.15, -0.1) is 0 Å². The maximum Gasteiger partial charge on any atom is 0.251 e. The Morgan fingerprint density at radius 1 is 1.38 bits per heavy atom. The predicted molar refractivity (Wildman–Crippen MR) is 91.5 cm³/mol. The monoisotopic (exact) mass is 328 g/mol. The van der Waals surface area contributed by atoms with Gasteiger partial charge in [-0.05, 0) is 55.6 Å². The first-order chi connectivity index (χ1) is 11.7. The van der Waals surface area contributed by atoms with Gasteiger partial charge in [0.15, 0.2) is 0 Å². The molecule has 0 bridgehead atoms. The first kappa shape index (κ1) is 16.7. The number of hydrogen-bond acceptors (Lipinski definition) is 4. The molecule has 1 aliphatic rings. The normalized spacial score (nSPS) is 19.3. The second-order valence-electron chi connectivity index (χ2n) is 6.31. The molecule has 3 rings (SSSR count). The number of rotatable bonds is 6. The van der Waals surface area contributed by atoms with Crippen molar-refractivity contribution in [2.24, 2.45) is 0 Å². The minimum Gasteiger partial charge on any atom is -0.467 e. The van der Waals surface area contributed by atoms with Gasteiger partial charge < -0.3 is 14.8 Å². The zero-order valence-corrected chi connectivity index (χ0v) is 13.9. The van der Waals surface area contributed by atoms with Crippen molar-refractivity contribution in [2.45, 2.75) is 38.0 Å². The van der Waals surface area contributed by atoms with E-state index in [1.165, 1.54) is 5.56 Å². The molecule has 1 saturated heterocycles. The Balaban J connectivity index is 1.60. The van der Waals surface area contributed by atoms with Crippen molar-refractivity contribution >= 4 is 5.91 Å². The molecule has 0 radical (unpaired) electrons. The maximum atomic E-state index is 11.6. The predicted octanol–water partition coefficient (Wildman–Crippen LogP) is 2.73. The average molecular weight is 328 g/mol. The molecule has 1 fully saturated rings. The number of aliphatic hydroxyl groups excluding tert-OH is 1. The van der Waals surface area contributed by atoms with E-state index in [2.05, 4.69) is 10.2 Å². The average Bonchev–Trinajstić information content (AvgIpc) is 3.27. The highest BCUT2D eigenvalue weighted by Gasteiger charge is 2.27. The number of benzene rings is 1. The Morgan fingerprint density at radius 2 is 2.17 bits per heavy atom. The van der Waals surface area contributed by atoms with Crippen LogP contribution in [0, 0.1) is 0 Å². The molecule has 5 nitrogen and oxygen atoms in total. The lowest BCUT2D eigenvalue weighted by Crippen LogP contribution is -2.30. The molecule has 2 aromatic rings. The number of nitrogens with zero attached hydrogens (tertiary/aromatic N) is 1. The van der Waals surface area contributed by atoms with Gasteiger partial charge >= 0.3 is 0 Å². The largest absolute Gasteiger partial charge is 0.467 e. The van der Waals surface area contributed by atoms with Gasteiger partial charge in [0.1, 0.15) is 11.9 Å². The number of furan rings is 1. The van der Waals surface area contributed by atoms with Crippen LogP contribution in [-0.2, 0) is 6.54 Å². The molecule has 5 heteroatoms. The van der Waals surface area contributed by atoms with E-state index in [0.29, 0.717) is 23.8 Å². The second kappa shape index (κ2) is 7.64. The van der Waals surface area contributed by atoms with E-state index in [4.69, 9.17) is 4.42 Å². The number of aliphatic hydroxyl groups is 1. The van der Waals surface area contributed by atoms with Gasteiger partial charge in [-0.2, -0.15) is 0 Å². The second-order valence-corrected chi connectivity index (χ2v) is 6.31. The molecule has 1 amide bonds. The molecule has 1 aromatic heterocycles. The number of likely N-dealkylation sites (tertiary alicyclic amines) is 1. The van der Waals surface area contributed by atoms with Crippen LogP contribution in [0.3, 0.4) is 0 Å². The molecule has 0 aliphatic carbocycles. The van der Waals surface area contributed by atoms with Gasteiger partial charge in [0.2, 0.25) is 0 Å². The fourth-order valence-electron chi connectivity index (χ4n) is 3.37. The van der Waals surface area contributed by atoms with Crippen LogP contribution in [0.2, 0.25) is 0 Å². The van der Waals surface area contributed by atoms with E-state index < -0.39 is 6.10 Å². The van der Waals surface area contributed by atoms with Crippen molar-refractivity contribution in [1.29, 1.82) is 0 Å². The SMILES string of the molecule is CNC(=O)c1ccc(CN2CCCC2CC(O)c2ccco2)cc1. The van der Waals surface area contributed by atoms with Crippen LogP contribution in [0.15, 0.2) is 47.1 Å². The summed E-state index contributed by atoms with van der Waals surface area (Å²) in [5, 5.41) is 12.9. The summed E-state index contributed by atoms with van der Waals surface area (Å²) in [7, 11) is 1.63. The summed E-state index contributed by atoms with van der Waals surface area (Å²) in [6.45, 7) is 1.87. The van der Waals surface area contributed by atoms with Crippen molar-refractivity contribution < 1.29 is 14.3 Å². The van der Waals surface area contributed by atoms with Gasteiger partial charge in [0.25, 0.3) is 5.91 Å². The van der Waals surface area contributed by atoms with Gasteiger partial charge in [-0.3, -0.25) is 9.69 Å². The summed E-state index contributed by atoms with van der Waals surface area (Å²) in [6, 6.07) is 11.7. The van der Waals surface area contributed by atoms with Crippen LogP contribution in [0.4, 0.5) is 0 Å². The first-order valence-electron chi connectivity index (χ1n) is 8.44. The van der Waals surface area contributed by atoms with E-state index in [9.17, 15) is 9.90 Å². The summed E-state index contributed by atoms with van der Waals surface area (Å²) >= 11 is 0. The summed E-state index contributed by atoms with van der Waals surface area (Å²) in [4.78, 5) is 14.0. The Bertz CT molecular complexity index is 652. The maximum absolute atomic E-state index is 11.6. The number of nitrogens with one attached hydrogen (secondary N) is 1. The molecule has 2 heterocycles. The van der Waals surface area contributed by atoms with Crippen LogP contribution >= 0.6 is 0 Å². The summed E-state index contributed by atoms with van der Waals surface area (Å²) in [5.74, 6) is 0.568. The van der Waals surface area contributed by atoms with Gasteiger partial charge in [-0.1, -0.05) is 12.1 Å². The minimum absolute atomic E-state index is 0.0674. The van der Waals surface area contributed by atoms with Crippen LogP contribution in [0.25, 0.3) is 0 Å². The fraction of sp³-hybridized carbons (Fsp3) is 0.421. The van der Waals surface area contributed by atoms with E-state index in [1.807, 2.05) is 30.3 Å². The van der Waals surface area contributed by atoms with Gasteiger partial charge in [0, 0.05) is 25.2 Å². The summed E-state index contributed by atoms with van der Waals surface area (Å²) < 4.78 is 5.30. The summed E-state index contributed by atoms with van der Waals surface area (Å²) in [6.07, 6.45) is 3.96. The van der Waals surface area contributed by atoms with Crippen molar-refractivity contribution in [3.63, 3.8) is 0 Å². The van der Waals surface area contributed by atoms with Gasteiger partial charge in [0.05, 0.1) is 6.26 Å². The third-order valence-electron chi connectivity index (χ3n) is 4.69. The lowest BCUT2D eigenvalue weighted by molar-refractivity contribution is 0.0961. The third-order valence-corrected chi connectivity index (χ3v) is 4.69. The van der Waals surface area contributed by atoms with E-state index >= 15 is 0 Å². The fourth-order valence-corrected chi connectivity index (χ4v) is 3.37. The Kier molecular flexibility index (Phi) is 5.33. The quantitative estimate of drug-likeness (QED) is 0.856. The van der Waals surface area contributed by atoms with Crippen LogP contribution < -0.4 is 5.32 Å². The smallest absolute Gasteiger partial charge is 0.251 e. The molecule has 24 heavy (non-hydrogen) atoms. The minimum atomic E-state index is -0.554. The van der Waals surface area contributed by atoms with Gasteiger partial charge in [-0.25, -0.2) is 0 Å². The molecule has 2 N–H and O–H groups in total. The van der Waals surface area contributed by atoms with Crippen LogP contribution in [-0.4, -0.2) is 35.5 Å². The summed E-state index contributed by atoms with van der Waals surface area (Å²) in [5.41, 5.74) is 1.86. The first-order valence-corrected chi connectivity index (χ1v) is 8.44. The van der Waals surface area contributed by atoms with Crippen molar-refractivity contribution in [3.8, 4) is 0 Å². The number of carbonyl (C=O) groups is 1. The molecule has 128 valence electrons. The highest BCUT2D eigenvalue weighted by atomic mass is 16.4. The topological polar surface area (TPSA) is 65.7 Å². The van der Waals surface area contributed by atoms with E-state index in [1.54, 1.807) is 19.4 Å². The highest BCUT2D eigenvalue weighted by Crippen LogP contribution is 2.28. The lowest BCUT2D eigenvalue weighted by Gasteiger charge is -2.26. The van der Waals surface area contributed by atoms with Crippen molar-refractivity contribution in [3.05, 3.63) is 59.5 Å². The molecule has 2 atom stereocenters. The highest BCUT2D eigenvalue weighted by molar-refractivity contribution is 5.93. The zero-order valence-electron chi connectivity index (χ0n) is 13.9. The molecule has 1 aliphatic heterocycles. The molecular formula is C19H24N2O3. The molecule has 0 saturated carbocycles. The van der Waals surface area contributed by atoms with E-state index in [0.717, 1.165) is 25.9 Å². The third kappa shape index (κ3) is 3.86. The molecule has 1 aromatic carbocycles. The molecular weight excluding hydrogens is 304 g/mol.